The normalized spacial score (nSPS) is 12.0. The Bertz CT molecular complexity index is 847. The highest BCUT2D eigenvalue weighted by Crippen LogP contribution is 2.41. The number of esters is 1. The molecule has 2 aromatic carbocycles. The Morgan fingerprint density at radius 3 is 2.48 bits per heavy atom. The second kappa shape index (κ2) is 9.55. The Hall–Kier alpha value is -2.34. The van der Waals surface area contributed by atoms with Crippen molar-refractivity contribution in [3.8, 4) is 5.75 Å². The van der Waals surface area contributed by atoms with E-state index in [0.29, 0.717) is 24.3 Å². The molecule has 0 aromatic heterocycles. The molecule has 6 heteroatoms. The quantitative estimate of drug-likeness (QED) is 0.647. The molecule has 0 atom stereocenters. The lowest BCUT2D eigenvalue weighted by atomic mass is 9.97. The van der Waals surface area contributed by atoms with Crippen LogP contribution in [-0.4, -0.2) is 26.7 Å². The van der Waals surface area contributed by atoms with E-state index in [1.54, 1.807) is 18.2 Å². The van der Waals surface area contributed by atoms with Gasteiger partial charge in [0.1, 0.15) is 11.4 Å². The standard InChI is InChI=1S/C19H17BrFNO3.C2H6/c1-24-18-15(19(23)25-2)9-16(20)14-8-12(10-22-17(14)18)7-11-3-5-13(21)6-4-11;1-2/h3-6,8-9,22H,7,10H2,1-2H3;1-2H3. The number of carbonyl (C=O) groups is 1. The van der Waals surface area contributed by atoms with Crippen LogP contribution in [0.1, 0.15) is 35.3 Å². The van der Waals surface area contributed by atoms with Crippen molar-refractivity contribution < 1.29 is 18.7 Å². The fourth-order valence-corrected chi connectivity index (χ4v) is 3.41. The molecule has 1 heterocycles. The first-order valence-electron chi connectivity index (χ1n) is 8.70. The summed E-state index contributed by atoms with van der Waals surface area (Å²) >= 11 is 3.52. The van der Waals surface area contributed by atoms with E-state index in [1.807, 2.05) is 13.8 Å². The van der Waals surface area contributed by atoms with Crippen molar-refractivity contribution in [2.45, 2.75) is 20.3 Å². The number of anilines is 1. The van der Waals surface area contributed by atoms with Crippen LogP contribution in [0, 0.1) is 5.82 Å². The minimum absolute atomic E-state index is 0.243. The van der Waals surface area contributed by atoms with E-state index in [1.165, 1.54) is 26.4 Å². The van der Waals surface area contributed by atoms with Crippen LogP contribution in [-0.2, 0) is 11.2 Å². The fourth-order valence-electron chi connectivity index (χ4n) is 2.87. The first-order valence-corrected chi connectivity index (χ1v) is 9.49. The van der Waals surface area contributed by atoms with Crippen LogP contribution < -0.4 is 10.1 Å². The van der Waals surface area contributed by atoms with Gasteiger partial charge in [0.25, 0.3) is 0 Å². The molecule has 0 saturated heterocycles. The van der Waals surface area contributed by atoms with Gasteiger partial charge < -0.3 is 14.8 Å². The molecule has 3 rings (SSSR count). The monoisotopic (exact) mass is 435 g/mol. The van der Waals surface area contributed by atoms with Crippen LogP contribution >= 0.6 is 15.9 Å². The maximum atomic E-state index is 13.0. The zero-order valence-electron chi connectivity index (χ0n) is 15.9. The second-order valence-corrected chi connectivity index (χ2v) is 6.53. The smallest absolute Gasteiger partial charge is 0.341 e. The van der Waals surface area contributed by atoms with Crippen LogP contribution in [0.3, 0.4) is 0 Å². The summed E-state index contributed by atoms with van der Waals surface area (Å²) in [6, 6.07) is 8.18. The van der Waals surface area contributed by atoms with Gasteiger partial charge in [-0.1, -0.05) is 48.0 Å². The molecule has 1 aliphatic rings. The van der Waals surface area contributed by atoms with Crippen molar-refractivity contribution in [1.82, 2.24) is 0 Å². The van der Waals surface area contributed by atoms with Gasteiger partial charge in [0.05, 0.1) is 19.9 Å². The molecular formula is C21H23BrFNO3. The molecule has 4 nitrogen and oxygen atoms in total. The third-order valence-corrected chi connectivity index (χ3v) is 4.72. The molecule has 1 N–H and O–H groups in total. The molecule has 1 aliphatic heterocycles. The highest BCUT2D eigenvalue weighted by atomic mass is 79.9. The van der Waals surface area contributed by atoms with Gasteiger partial charge >= 0.3 is 5.97 Å². The van der Waals surface area contributed by atoms with Gasteiger partial charge in [-0.25, -0.2) is 9.18 Å². The summed E-state index contributed by atoms with van der Waals surface area (Å²) in [5, 5.41) is 3.32. The Kier molecular flexibility index (Phi) is 7.42. The summed E-state index contributed by atoms with van der Waals surface area (Å²) in [7, 11) is 2.86. The average molecular weight is 436 g/mol. The first-order chi connectivity index (χ1) is 13.0. The van der Waals surface area contributed by atoms with Gasteiger partial charge in [-0.15, -0.1) is 0 Å². The topological polar surface area (TPSA) is 47.6 Å². The second-order valence-electron chi connectivity index (χ2n) is 5.68. The summed E-state index contributed by atoms with van der Waals surface area (Å²) in [5.74, 6) is -0.238. The number of rotatable bonds is 4. The Balaban J connectivity index is 0.00000126. The van der Waals surface area contributed by atoms with Crippen molar-refractivity contribution in [3.63, 3.8) is 0 Å². The molecule has 0 fully saturated rings. The lowest BCUT2D eigenvalue weighted by Crippen LogP contribution is -2.16. The number of nitrogens with one attached hydrogen (secondary N) is 1. The predicted octanol–water partition coefficient (Wildman–Crippen LogP) is 5.46. The van der Waals surface area contributed by atoms with E-state index < -0.39 is 5.97 Å². The third kappa shape index (κ3) is 4.69. The minimum Gasteiger partial charge on any atom is -0.494 e. The van der Waals surface area contributed by atoms with E-state index in [-0.39, 0.29) is 5.82 Å². The van der Waals surface area contributed by atoms with Gasteiger partial charge in [-0.3, -0.25) is 0 Å². The summed E-state index contributed by atoms with van der Waals surface area (Å²) in [5.41, 5.74) is 4.20. The number of fused-ring (bicyclic) bond motifs is 1. The number of carbonyl (C=O) groups excluding carboxylic acids is 1. The third-order valence-electron chi connectivity index (χ3n) is 4.06. The summed E-state index contributed by atoms with van der Waals surface area (Å²) < 4.78 is 24.1. The van der Waals surface area contributed by atoms with E-state index in [2.05, 4.69) is 27.3 Å². The number of hydrogen-bond donors (Lipinski definition) is 1. The Labute approximate surface area is 167 Å². The lowest BCUT2D eigenvalue weighted by molar-refractivity contribution is 0.0597. The van der Waals surface area contributed by atoms with Gasteiger partial charge in [0.15, 0.2) is 5.75 Å². The fraction of sp³-hybridized carbons (Fsp3) is 0.286. The molecule has 2 aromatic rings. The van der Waals surface area contributed by atoms with Crippen molar-refractivity contribution in [3.05, 3.63) is 62.9 Å². The molecule has 0 bridgehead atoms. The van der Waals surface area contributed by atoms with Gasteiger partial charge in [0.2, 0.25) is 0 Å². The van der Waals surface area contributed by atoms with Crippen molar-refractivity contribution in [1.29, 1.82) is 0 Å². The number of ether oxygens (including phenoxy) is 2. The van der Waals surface area contributed by atoms with Crippen LogP contribution in [0.5, 0.6) is 5.75 Å². The highest BCUT2D eigenvalue weighted by Gasteiger charge is 2.24. The molecule has 0 amide bonds. The lowest BCUT2D eigenvalue weighted by Gasteiger charge is -2.23. The van der Waals surface area contributed by atoms with E-state index in [0.717, 1.165) is 26.9 Å². The first kappa shape index (κ1) is 21.0. The van der Waals surface area contributed by atoms with Crippen LogP contribution in [0.2, 0.25) is 0 Å². The van der Waals surface area contributed by atoms with Gasteiger partial charge in [-0.2, -0.15) is 0 Å². The van der Waals surface area contributed by atoms with Crippen LogP contribution in [0.15, 0.2) is 40.4 Å². The van der Waals surface area contributed by atoms with Crippen LogP contribution in [0.4, 0.5) is 10.1 Å². The molecule has 0 unspecified atom stereocenters. The number of hydrogen-bond acceptors (Lipinski definition) is 4. The largest absolute Gasteiger partial charge is 0.494 e. The Morgan fingerprint density at radius 2 is 1.89 bits per heavy atom. The van der Waals surface area contributed by atoms with Crippen molar-refractivity contribution >= 4 is 33.7 Å². The minimum atomic E-state index is -0.455. The number of halogens is 2. The molecule has 0 saturated carbocycles. The maximum absolute atomic E-state index is 13.0. The number of benzene rings is 2. The molecule has 0 radical (unpaired) electrons. The summed E-state index contributed by atoms with van der Waals surface area (Å²) in [6.45, 7) is 4.61. The predicted molar refractivity (Wildman–Crippen MR) is 110 cm³/mol. The van der Waals surface area contributed by atoms with Crippen LogP contribution in [0.25, 0.3) is 6.08 Å². The number of methoxy groups -OCH3 is 2. The van der Waals surface area contributed by atoms with E-state index >= 15 is 0 Å². The van der Waals surface area contributed by atoms with Crippen molar-refractivity contribution in [2.24, 2.45) is 0 Å². The zero-order valence-corrected chi connectivity index (χ0v) is 17.4. The summed E-state index contributed by atoms with van der Waals surface area (Å²) in [6.07, 6.45) is 2.77. The zero-order chi connectivity index (χ0) is 20.0. The van der Waals surface area contributed by atoms with Gasteiger partial charge in [-0.05, 0) is 35.8 Å². The average Bonchev–Trinajstić information content (AvgIpc) is 2.70. The molecule has 27 heavy (non-hydrogen) atoms. The van der Waals surface area contributed by atoms with E-state index in [4.69, 9.17) is 9.47 Å². The Morgan fingerprint density at radius 1 is 1.22 bits per heavy atom. The molecular weight excluding hydrogens is 413 g/mol. The molecule has 0 spiro atoms. The van der Waals surface area contributed by atoms with E-state index in [9.17, 15) is 9.18 Å². The summed E-state index contributed by atoms with van der Waals surface area (Å²) in [4.78, 5) is 12.0. The highest BCUT2D eigenvalue weighted by molar-refractivity contribution is 9.10. The molecule has 0 aliphatic carbocycles. The maximum Gasteiger partial charge on any atom is 0.341 e. The SMILES string of the molecule is CC.COC(=O)c1cc(Br)c2c(c1OC)NCC(Cc1ccc(F)cc1)=C2. The molecule has 144 valence electrons. The van der Waals surface area contributed by atoms with Crippen molar-refractivity contribution in [2.75, 3.05) is 26.1 Å². The van der Waals surface area contributed by atoms with Gasteiger partial charge in [0, 0.05) is 16.6 Å².